The molecular formula is C63H42N4. The normalized spacial score (nSPS) is 12.6. The van der Waals surface area contributed by atoms with Crippen LogP contribution in [0, 0.1) is 0 Å². The molecule has 12 aromatic rings. The molecule has 1 aliphatic carbocycles. The Labute approximate surface area is 389 Å². The molecule has 0 spiro atoms. The molecule has 0 unspecified atom stereocenters. The molecule has 4 heteroatoms. The van der Waals surface area contributed by atoms with Gasteiger partial charge in [-0.2, -0.15) is 0 Å². The summed E-state index contributed by atoms with van der Waals surface area (Å²) in [6.07, 6.45) is 1.94. The molecule has 0 atom stereocenters. The molecule has 0 aliphatic heterocycles. The Morgan fingerprint density at radius 3 is 1.81 bits per heavy atom. The SMILES string of the molecule is c1ccc(N(c2cc(-c3ccc4c5ccccc5n(-c5ccccc5)c4c3)cc(-c3ncc4ccccc4n3)c2)c2ccc3c(c2)C(c2ccccc2)(c2ccccc2)c2ccccc2-3)cc1. The maximum absolute atomic E-state index is 5.18. The molecule has 2 heterocycles. The number of nitrogens with zero attached hydrogens (tertiary/aromatic N) is 4. The van der Waals surface area contributed by atoms with Crippen molar-refractivity contribution < 1.29 is 0 Å². The zero-order valence-electron chi connectivity index (χ0n) is 36.5. The van der Waals surface area contributed by atoms with Crippen LogP contribution in [0.1, 0.15) is 22.3 Å². The molecule has 13 rings (SSSR count). The predicted molar refractivity (Wildman–Crippen MR) is 277 cm³/mol. The van der Waals surface area contributed by atoms with E-state index in [0.717, 1.165) is 55.9 Å². The average molecular weight is 855 g/mol. The number of para-hydroxylation sites is 4. The molecule has 0 amide bonds. The molecule has 0 fully saturated rings. The number of anilines is 3. The molecule has 4 nitrogen and oxygen atoms in total. The summed E-state index contributed by atoms with van der Waals surface area (Å²) >= 11 is 0. The predicted octanol–water partition coefficient (Wildman–Crippen LogP) is 15.9. The van der Waals surface area contributed by atoms with Gasteiger partial charge in [-0.1, -0.05) is 176 Å². The summed E-state index contributed by atoms with van der Waals surface area (Å²) in [5, 5.41) is 3.44. The van der Waals surface area contributed by atoms with Gasteiger partial charge in [-0.15, -0.1) is 0 Å². The lowest BCUT2D eigenvalue weighted by Crippen LogP contribution is -2.28. The van der Waals surface area contributed by atoms with E-state index in [2.05, 4.69) is 246 Å². The highest BCUT2D eigenvalue weighted by atomic mass is 15.1. The second-order valence-corrected chi connectivity index (χ2v) is 17.4. The van der Waals surface area contributed by atoms with Gasteiger partial charge in [0.1, 0.15) is 0 Å². The Morgan fingerprint density at radius 2 is 1.01 bits per heavy atom. The van der Waals surface area contributed by atoms with E-state index in [1.54, 1.807) is 0 Å². The van der Waals surface area contributed by atoms with Crippen LogP contribution in [0.5, 0.6) is 0 Å². The van der Waals surface area contributed by atoms with Gasteiger partial charge >= 0.3 is 0 Å². The highest BCUT2D eigenvalue weighted by Crippen LogP contribution is 2.57. The summed E-state index contributed by atoms with van der Waals surface area (Å²) in [4.78, 5) is 12.6. The van der Waals surface area contributed by atoms with Gasteiger partial charge in [0, 0.05) is 50.7 Å². The zero-order valence-corrected chi connectivity index (χ0v) is 36.5. The summed E-state index contributed by atoms with van der Waals surface area (Å²) in [5.74, 6) is 0.672. The molecule has 0 saturated heterocycles. The maximum atomic E-state index is 5.18. The van der Waals surface area contributed by atoms with Crippen LogP contribution < -0.4 is 4.90 Å². The van der Waals surface area contributed by atoms with Gasteiger partial charge in [0.05, 0.1) is 22.0 Å². The van der Waals surface area contributed by atoms with Crippen molar-refractivity contribution in [3.8, 4) is 39.3 Å². The Hall–Kier alpha value is -8.86. The van der Waals surface area contributed by atoms with E-state index >= 15 is 0 Å². The Morgan fingerprint density at radius 1 is 0.388 bits per heavy atom. The fourth-order valence-electron chi connectivity index (χ4n) is 10.7. The fraction of sp³-hybridized carbons (Fsp3) is 0.0159. The van der Waals surface area contributed by atoms with Crippen LogP contribution in [0.3, 0.4) is 0 Å². The number of hydrogen-bond donors (Lipinski definition) is 0. The lowest BCUT2D eigenvalue weighted by Gasteiger charge is -2.35. The first-order valence-electron chi connectivity index (χ1n) is 22.9. The van der Waals surface area contributed by atoms with E-state index in [9.17, 15) is 0 Å². The molecule has 1 aliphatic rings. The van der Waals surface area contributed by atoms with E-state index in [1.165, 1.54) is 49.7 Å². The largest absolute Gasteiger partial charge is 0.310 e. The van der Waals surface area contributed by atoms with Crippen LogP contribution in [-0.4, -0.2) is 14.5 Å². The quantitative estimate of drug-likeness (QED) is 0.153. The van der Waals surface area contributed by atoms with Crippen molar-refractivity contribution in [2.24, 2.45) is 0 Å². The number of hydrogen-bond acceptors (Lipinski definition) is 3. The highest BCUT2D eigenvalue weighted by Gasteiger charge is 2.46. The second-order valence-electron chi connectivity index (χ2n) is 17.4. The minimum absolute atomic E-state index is 0.550. The van der Waals surface area contributed by atoms with E-state index in [4.69, 9.17) is 9.97 Å². The highest BCUT2D eigenvalue weighted by molar-refractivity contribution is 6.10. The first-order chi connectivity index (χ1) is 33.2. The third-order valence-electron chi connectivity index (χ3n) is 13.7. The van der Waals surface area contributed by atoms with E-state index in [0.29, 0.717) is 5.82 Å². The third-order valence-corrected chi connectivity index (χ3v) is 13.7. The molecule has 314 valence electrons. The van der Waals surface area contributed by atoms with Crippen molar-refractivity contribution >= 4 is 49.8 Å². The van der Waals surface area contributed by atoms with Crippen LogP contribution >= 0.6 is 0 Å². The molecular weight excluding hydrogens is 813 g/mol. The van der Waals surface area contributed by atoms with Crippen LogP contribution in [0.15, 0.2) is 255 Å². The summed E-state index contributed by atoms with van der Waals surface area (Å²) in [5.41, 5.74) is 17.5. The minimum atomic E-state index is -0.550. The van der Waals surface area contributed by atoms with Gasteiger partial charge in [0.2, 0.25) is 0 Å². The van der Waals surface area contributed by atoms with Gasteiger partial charge in [-0.25, -0.2) is 9.97 Å². The second kappa shape index (κ2) is 15.7. The average Bonchev–Trinajstić information content (AvgIpc) is 3.90. The first-order valence-corrected chi connectivity index (χ1v) is 22.9. The van der Waals surface area contributed by atoms with Gasteiger partial charge < -0.3 is 9.47 Å². The Balaban J connectivity index is 1.07. The first kappa shape index (κ1) is 38.6. The van der Waals surface area contributed by atoms with Gasteiger partial charge in [0.25, 0.3) is 0 Å². The summed E-state index contributed by atoms with van der Waals surface area (Å²) < 4.78 is 2.38. The monoisotopic (exact) mass is 854 g/mol. The summed E-state index contributed by atoms with van der Waals surface area (Å²) in [6.45, 7) is 0. The fourth-order valence-corrected chi connectivity index (χ4v) is 10.7. The number of rotatable bonds is 8. The smallest absolute Gasteiger partial charge is 0.159 e. The van der Waals surface area contributed by atoms with Crippen molar-refractivity contribution in [1.29, 1.82) is 0 Å². The summed E-state index contributed by atoms with van der Waals surface area (Å²) in [6, 6.07) is 90.1. The summed E-state index contributed by atoms with van der Waals surface area (Å²) in [7, 11) is 0. The maximum Gasteiger partial charge on any atom is 0.159 e. The van der Waals surface area contributed by atoms with Gasteiger partial charge in [-0.3, -0.25) is 0 Å². The minimum Gasteiger partial charge on any atom is -0.310 e. The molecule has 67 heavy (non-hydrogen) atoms. The van der Waals surface area contributed by atoms with Crippen LogP contribution in [-0.2, 0) is 5.41 Å². The molecule has 0 radical (unpaired) electrons. The molecule has 0 N–H and O–H groups in total. The van der Waals surface area contributed by atoms with Gasteiger partial charge in [-0.05, 0) is 117 Å². The number of aromatic nitrogens is 3. The van der Waals surface area contributed by atoms with E-state index in [1.807, 2.05) is 18.3 Å². The number of fused-ring (bicyclic) bond motifs is 7. The lowest BCUT2D eigenvalue weighted by molar-refractivity contribution is 0.768. The molecule has 0 saturated carbocycles. The molecule has 2 aromatic heterocycles. The topological polar surface area (TPSA) is 34.0 Å². The zero-order chi connectivity index (χ0) is 44.3. The van der Waals surface area contributed by atoms with Crippen molar-refractivity contribution in [2.75, 3.05) is 4.90 Å². The van der Waals surface area contributed by atoms with Crippen molar-refractivity contribution in [2.45, 2.75) is 5.41 Å². The molecule has 10 aromatic carbocycles. The van der Waals surface area contributed by atoms with Gasteiger partial charge in [0.15, 0.2) is 5.82 Å². The lowest BCUT2D eigenvalue weighted by atomic mass is 9.67. The van der Waals surface area contributed by atoms with E-state index < -0.39 is 5.41 Å². The van der Waals surface area contributed by atoms with E-state index in [-0.39, 0.29) is 0 Å². The van der Waals surface area contributed by atoms with Crippen molar-refractivity contribution in [1.82, 2.24) is 14.5 Å². The van der Waals surface area contributed by atoms with Crippen LogP contribution in [0.4, 0.5) is 17.1 Å². The number of benzene rings is 10. The van der Waals surface area contributed by atoms with Crippen molar-refractivity contribution in [3.05, 3.63) is 277 Å². The Kier molecular flexibility index (Phi) is 9.04. The van der Waals surface area contributed by atoms with Crippen LogP contribution in [0.2, 0.25) is 0 Å². The Bertz CT molecular complexity index is 3770. The standard InChI is InChI=1S/C63H42N4/c1-5-20-47(21-6-1)63(48-22-7-2-8-23-48)57-30-16-14-28-53(57)54-36-34-51(41-58(54)63)66(49-24-9-3-10-25-49)52-38-45(37-46(39-52)62-64-42-44-19-13-17-31-59(44)65-62)43-33-35-56-55-29-15-18-32-60(55)67(61(56)40-43)50-26-11-4-12-27-50/h1-42H. The third kappa shape index (κ3) is 6.22. The van der Waals surface area contributed by atoms with Crippen LogP contribution in [0.25, 0.3) is 72.0 Å². The molecule has 0 bridgehead atoms. The van der Waals surface area contributed by atoms with Crippen molar-refractivity contribution in [3.63, 3.8) is 0 Å².